The summed E-state index contributed by atoms with van der Waals surface area (Å²) in [5.41, 5.74) is 8.42. The van der Waals surface area contributed by atoms with E-state index in [-0.39, 0.29) is 35.9 Å². The Labute approximate surface area is 145 Å². The van der Waals surface area contributed by atoms with Gasteiger partial charge in [0.05, 0.1) is 4.90 Å². The minimum Gasteiger partial charge on any atom is -1.00 e. The summed E-state index contributed by atoms with van der Waals surface area (Å²) in [6.07, 6.45) is 5.41. The molecule has 1 aromatic carbocycles. The molecule has 3 N–H and O–H groups in total. The van der Waals surface area contributed by atoms with Gasteiger partial charge in [0.15, 0.2) is 0 Å². The van der Waals surface area contributed by atoms with Gasteiger partial charge in [-0.15, -0.1) is 0 Å². The predicted octanol–water partition coefficient (Wildman–Crippen LogP) is 0.317. The molecule has 0 radical (unpaired) electrons. The predicted molar refractivity (Wildman–Crippen MR) is 79.0 cm³/mol. The molecular weight excluding hydrogens is 285 g/mol. The fourth-order valence-corrected chi connectivity index (χ4v) is 2.63. The maximum Gasteiger partial charge on any atom is 1.00 e. The summed E-state index contributed by atoms with van der Waals surface area (Å²) >= 11 is 0. The molecule has 0 atom stereocenters. The number of anilines is 1. The minimum absolute atomic E-state index is 0. The van der Waals surface area contributed by atoms with Crippen molar-refractivity contribution in [2.45, 2.75) is 57.3 Å². The smallest absolute Gasteiger partial charge is 1.00 e. The van der Waals surface area contributed by atoms with Gasteiger partial charge in [-0.3, -0.25) is 4.55 Å². The van der Waals surface area contributed by atoms with Crippen LogP contribution in [0.5, 0.6) is 0 Å². The zero-order valence-corrected chi connectivity index (χ0v) is 15.5. The molecule has 0 spiro atoms. The van der Waals surface area contributed by atoms with Gasteiger partial charge in [-0.25, -0.2) is 0 Å². The zero-order chi connectivity index (χ0) is 14.5. The van der Waals surface area contributed by atoms with Crippen LogP contribution in [0.2, 0.25) is 0 Å². The van der Waals surface area contributed by atoms with Crippen molar-refractivity contribution in [1.82, 2.24) is 0 Å². The van der Waals surface area contributed by atoms with Crippen LogP contribution in [0.25, 0.3) is 0 Å². The topological polar surface area (TPSA) is 80.4 Å². The number of unbranched alkanes of at least 4 members (excludes halogenated alkanes) is 2. The molecule has 0 unspecified atom stereocenters. The van der Waals surface area contributed by atoms with E-state index in [0.717, 1.165) is 49.7 Å². The number of nitrogen functional groups attached to an aromatic ring is 1. The Morgan fingerprint density at radius 2 is 1.50 bits per heavy atom. The van der Waals surface area contributed by atoms with E-state index < -0.39 is 10.1 Å². The van der Waals surface area contributed by atoms with Gasteiger partial charge in [0.25, 0.3) is 10.1 Å². The monoisotopic (exact) mass is 309 g/mol. The maximum absolute atomic E-state index is 11.3. The molecule has 0 fully saturated rings. The molecule has 0 bridgehead atoms. The number of hydrogen-bond donors (Lipinski definition) is 2. The first-order valence-corrected chi connectivity index (χ1v) is 8.22. The molecule has 20 heavy (non-hydrogen) atoms. The minimum atomic E-state index is -4.17. The number of hydrogen-bond acceptors (Lipinski definition) is 3. The number of aryl methyl sites for hydroxylation is 2. The average Bonchev–Trinajstić information content (AvgIpc) is 2.34. The molecule has 0 saturated heterocycles. The maximum atomic E-state index is 11.3. The van der Waals surface area contributed by atoms with Gasteiger partial charge in [0, 0.05) is 5.69 Å². The Bertz CT molecular complexity index is 506. The third-order valence-electron chi connectivity index (χ3n) is 3.22. The molecule has 0 aliphatic heterocycles. The van der Waals surface area contributed by atoms with Gasteiger partial charge in [0.1, 0.15) is 0 Å². The van der Waals surface area contributed by atoms with E-state index in [0.29, 0.717) is 5.69 Å². The quantitative estimate of drug-likeness (QED) is 0.432. The molecule has 0 aliphatic carbocycles. The molecular formula is C14H24NNaO3S. The zero-order valence-electron chi connectivity index (χ0n) is 13.6. The number of nitrogens with two attached hydrogens (primary N) is 1. The first-order chi connectivity index (χ1) is 8.90. The summed E-state index contributed by atoms with van der Waals surface area (Å²) < 4.78 is 31.8. The van der Waals surface area contributed by atoms with Crippen LogP contribution in [0.3, 0.4) is 0 Å². The largest absolute Gasteiger partial charge is 1.00 e. The Kier molecular flexibility index (Phi) is 9.02. The summed E-state index contributed by atoms with van der Waals surface area (Å²) in [6.45, 7) is 4.14. The number of benzene rings is 1. The van der Waals surface area contributed by atoms with Crippen LogP contribution in [0.15, 0.2) is 17.0 Å². The van der Waals surface area contributed by atoms with Crippen molar-refractivity contribution in [1.29, 1.82) is 0 Å². The van der Waals surface area contributed by atoms with Crippen LogP contribution < -0.4 is 35.3 Å². The summed E-state index contributed by atoms with van der Waals surface area (Å²) in [5.74, 6) is 0. The van der Waals surface area contributed by atoms with Crippen molar-refractivity contribution in [3.05, 3.63) is 23.3 Å². The Balaban J connectivity index is 0. The average molecular weight is 309 g/mol. The van der Waals surface area contributed by atoms with Gasteiger partial charge < -0.3 is 7.16 Å². The molecule has 110 valence electrons. The molecule has 0 heterocycles. The van der Waals surface area contributed by atoms with E-state index >= 15 is 0 Å². The fraction of sp³-hybridized carbons (Fsp3) is 0.571. The third kappa shape index (κ3) is 5.74. The summed E-state index contributed by atoms with van der Waals surface area (Å²) in [7, 11) is -4.17. The first kappa shape index (κ1) is 19.9. The number of rotatable bonds is 7. The third-order valence-corrected chi connectivity index (χ3v) is 4.05. The van der Waals surface area contributed by atoms with E-state index in [9.17, 15) is 13.0 Å². The Hall–Kier alpha value is -0.0700. The van der Waals surface area contributed by atoms with Crippen molar-refractivity contribution < 1.29 is 44.0 Å². The Morgan fingerprint density at radius 1 is 1.10 bits per heavy atom. The van der Waals surface area contributed by atoms with Crippen LogP contribution in [0.4, 0.5) is 5.69 Å². The summed E-state index contributed by atoms with van der Waals surface area (Å²) in [5, 5.41) is 0. The molecule has 0 saturated carbocycles. The van der Waals surface area contributed by atoms with Gasteiger partial charge in [-0.2, -0.15) is 8.42 Å². The van der Waals surface area contributed by atoms with Gasteiger partial charge in [-0.1, -0.05) is 26.7 Å². The molecule has 0 aliphatic rings. The fourth-order valence-electron chi connectivity index (χ4n) is 2.04. The Morgan fingerprint density at radius 3 is 1.80 bits per heavy atom. The van der Waals surface area contributed by atoms with Crippen molar-refractivity contribution >= 4 is 15.8 Å². The second kappa shape index (κ2) is 9.05. The van der Waals surface area contributed by atoms with Crippen LogP contribution in [0, 0.1) is 0 Å². The summed E-state index contributed by atoms with van der Waals surface area (Å²) in [6, 6.07) is 2.99. The molecule has 1 aromatic rings. The van der Waals surface area contributed by atoms with E-state index in [1.165, 1.54) is 12.1 Å². The van der Waals surface area contributed by atoms with Crippen LogP contribution in [0.1, 0.15) is 52.1 Å². The molecule has 1 rings (SSSR count). The van der Waals surface area contributed by atoms with Gasteiger partial charge in [0.2, 0.25) is 0 Å². The van der Waals surface area contributed by atoms with Crippen molar-refractivity contribution in [3.8, 4) is 0 Å². The van der Waals surface area contributed by atoms with E-state index in [1.807, 2.05) is 0 Å². The standard InChI is InChI=1S/C14H23NO3S.Na.H/c1-3-5-7-11-9-13(19(16,17)18)10-12(14(11)15)8-6-4-2;;/h9-10H,3-8,15H2,1-2H3,(H,16,17,18);;/q;+1;-1. The van der Waals surface area contributed by atoms with Gasteiger partial charge >= 0.3 is 29.6 Å². The van der Waals surface area contributed by atoms with E-state index in [2.05, 4.69) is 13.8 Å². The van der Waals surface area contributed by atoms with Gasteiger partial charge in [-0.05, 0) is 48.9 Å². The second-order valence-corrected chi connectivity index (χ2v) is 6.26. The molecule has 4 nitrogen and oxygen atoms in total. The van der Waals surface area contributed by atoms with E-state index in [1.54, 1.807) is 0 Å². The van der Waals surface area contributed by atoms with Crippen molar-refractivity contribution in [2.24, 2.45) is 0 Å². The van der Waals surface area contributed by atoms with E-state index in [4.69, 9.17) is 5.73 Å². The van der Waals surface area contributed by atoms with Crippen LogP contribution >= 0.6 is 0 Å². The second-order valence-electron chi connectivity index (χ2n) is 4.84. The molecule has 6 heteroatoms. The first-order valence-electron chi connectivity index (χ1n) is 6.78. The normalized spacial score (nSPS) is 11.2. The molecule has 0 aromatic heterocycles. The molecule has 0 amide bonds. The summed E-state index contributed by atoms with van der Waals surface area (Å²) in [4.78, 5) is -0.0427. The SMILES string of the molecule is CCCCc1cc(S(=O)(=O)O)cc(CCCC)c1N.[H-].[Na+]. The van der Waals surface area contributed by atoms with Crippen molar-refractivity contribution in [2.75, 3.05) is 5.73 Å². The van der Waals surface area contributed by atoms with Crippen LogP contribution in [-0.2, 0) is 23.0 Å². The van der Waals surface area contributed by atoms with Crippen LogP contribution in [-0.4, -0.2) is 13.0 Å². The van der Waals surface area contributed by atoms with Crippen molar-refractivity contribution in [3.63, 3.8) is 0 Å².